The van der Waals surface area contributed by atoms with Crippen molar-refractivity contribution in [3.05, 3.63) is 87.2 Å². The third-order valence-corrected chi connectivity index (χ3v) is 6.81. The first-order chi connectivity index (χ1) is 15.5. The minimum atomic E-state index is -0.438. The van der Waals surface area contributed by atoms with Crippen molar-refractivity contribution in [2.24, 2.45) is 0 Å². The Morgan fingerprint density at radius 3 is 2.81 bits per heavy atom. The van der Waals surface area contributed by atoms with Crippen LogP contribution in [0.2, 0.25) is 5.02 Å². The summed E-state index contributed by atoms with van der Waals surface area (Å²) in [5.74, 6) is -0.0246. The molecule has 0 aliphatic rings. The van der Waals surface area contributed by atoms with E-state index in [1.807, 2.05) is 48.7 Å². The second kappa shape index (κ2) is 10.1. The van der Waals surface area contributed by atoms with Gasteiger partial charge in [0.05, 0.1) is 4.47 Å². The Morgan fingerprint density at radius 1 is 1.25 bits per heavy atom. The molecular weight excluding hydrogens is 510 g/mol. The van der Waals surface area contributed by atoms with E-state index in [1.54, 1.807) is 18.2 Å². The summed E-state index contributed by atoms with van der Waals surface area (Å²) in [4.78, 5) is 16.7. The number of aromatic amines is 1. The smallest absolute Gasteiger partial charge is 0.262 e. The molecule has 2 heterocycles. The van der Waals surface area contributed by atoms with Gasteiger partial charge in [-0.2, -0.15) is 5.26 Å². The highest BCUT2D eigenvalue weighted by Crippen LogP contribution is 2.36. The maximum atomic E-state index is 12.5. The van der Waals surface area contributed by atoms with Crippen LogP contribution in [0.3, 0.4) is 0 Å². The lowest BCUT2D eigenvalue weighted by Gasteiger charge is -2.03. The Labute approximate surface area is 202 Å². The molecule has 1 amide bonds. The number of fused-ring (bicyclic) bond motifs is 1. The van der Waals surface area contributed by atoms with Crippen molar-refractivity contribution in [1.82, 2.24) is 10.3 Å². The summed E-state index contributed by atoms with van der Waals surface area (Å²) < 4.78 is 6.55. The molecule has 8 heteroatoms. The zero-order valence-corrected chi connectivity index (χ0v) is 19.9. The molecular formula is C24H17BrClN3O2S. The normalized spacial score (nSPS) is 11.5. The first-order valence-corrected chi connectivity index (χ1v) is 11.7. The number of carbonyl (C=O) groups excluding carboxylic acids is 1. The number of nitrogens with zero attached hydrogens (tertiary/aromatic N) is 1. The minimum Gasteiger partial charge on any atom is -0.449 e. The molecule has 4 aromatic rings. The highest BCUT2D eigenvalue weighted by molar-refractivity contribution is 9.10. The average Bonchev–Trinajstić information content (AvgIpc) is 3.36. The monoisotopic (exact) mass is 525 g/mol. The number of halogens is 2. The second-order valence-corrected chi connectivity index (χ2v) is 9.21. The summed E-state index contributed by atoms with van der Waals surface area (Å²) in [6.45, 7) is 0.416. The highest BCUT2D eigenvalue weighted by Gasteiger charge is 2.14. The average molecular weight is 527 g/mol. The van der Waals surface area contributed by atoms with Crippen LogP contribution in [0.25, 0.3) is 17.0 Å². The van der Waals surface area contributed by atoms with E-state index in [9.17, 15) is 10.1 Å². The van der Waals surface area contributed by atoms with Gasteiger partial charge in [0, 0.05) is 39.6 Å². The molecule has 0 saturated heterocycles. The maximum absolute atomic E-state index is 12.5. The maximum Gasteiger partial charge on any atom is 0.262 e. The number of furan rings is 1. The number of hydrogen-bond acceptors (Lipinski definition) is 4. The fourth-order valence-electron chi connectivity index (χ4n) is 3.15. The quantitative estimate of drug-likeness (QED) is 0.210. The van der Waals surface area contributed by atoms with Gasteiger partial charge < -0.3 is 14.7 Å². The van der Waals surface area contributed by atoms with Gasteiger partial charge in [-0.05, 0) is 64.3 Å². The molecule has 160 valence electrons. The number of carbonyl (C=O) groups is 1. The van der Waals surface area contributed by atoms with Crippen LogP contribution in [0.15, 0.2) is 85.2 Å². The van der Waals surface area contributed by atoms with E-state index < -0.39 is 5.91 Å². The first kappa shape index (κ1) is 22.3. The van der Waals surface area contributed by atoms with Crippen molar-refractivity contribution in [1.29, 1.82) is 5.26 Å². The molecule has 0 spiro atoms. The van der Waals surface area contributed by atoms with E-state index in [1.165, 1.54) is 17.8 Å². The fourth-order valence-corrected chi connectivity index (χ4v) is 4.61. The summed E-state index contributed by atoms with van der Waals surface area (Å²) in [6, 6.07) is 19.1. The lowest BCUT2D eigenvalue weighted by atomic mass is 10.1. The predicted molar refractivity (Wildman–Crippen MR) is 131 cm³/mol. The zero-order chi connectivity index (χ0) is 22.5. The van der Waals surface area contributed by atoms with E-state index in [-0.39, 0.29) is 5.57 Å². The molecule has 0 fully saturated rings. The third-order valence-electron chi connectivity index (χ3n) is 4.71. The number of rotatable bonds is 7. The van der Waals surface area contributed by atoms with Crippen LogP contribution in [0.4, 0.5) is 0 Å². The van der Waals surface area contributed by atoms with Crippen molar-refractivity contribution in [3.8, 4) is 6.07 Å². The van der Waals surface area contributed by atoms with E-state index in [4.69, 9.17) is 16.0 Å². The number of hydrogen-bond donors (Lipinski definition) is 2. The van der Waals surface area contributed by atoms with Gasteiger partial charge in [-0.15, -0.1) is 0 Å². The van der Waals surface area contributed by atoms with Crippen LogP contribution in [0, 0.1) is 11.3 Å². The molecule has 0 radical (unpaired) electrons. The van der Waals surface area contributed by atoms with Crippen molar-refractivity contribution >= 4 is 62.2 Å². The number of H-pyrrole nitrogens is 1. The summed E-state index contributed by atoms with van der Waals surface area (Å²) >= 11 is 10.8. The number of aromatic nitrogens is 1. The van der Waals surface area contributed by atoms with Crippen LogP contribution >= 0.6 is 39.3 Å². The summed E-state index contributed by atoms with van der Waals surface area (Å²) in [5, 5.41) is 14.7. The van der Waals surface area contributed by atoms with Crippen molar-refractivity contribution in [2.75, 3.05) is 6.54 Å². The summed E-state index contributed by atoms with van der Waals surface area (Å²) in [5.41, 5.74) is 2.15. The number of amides is 1. The molecule has 0 aliphatic heterocycles. The molecule has 2 aromatic carbocycles. The van der Waals surface area contributed by atoms with E-state index in [0.29, 0.717) is 28.8 Å². The van der Waals surface area contributed by atoms with Gasteiger partial charge in [0.15, 0.2) is 5.09 Å². The zero-order valence-electron chi connectivity index (χ0n) is 16.7. The van der Waals surface area contributed by atoms with Gasteiger partial charge in [0.25, 0.3) is 5.91 Å². The molecule has 0 atom stereocenters. The lowest BCUT2D eigenvalue weighted by Crippen LogP contribution is -2.26. The van der Waals surface area contributed by atoms with Gasteiger partial charge in [0.2, 0.25) is 0 Å². The molecule has 0 unspecified atom stereocenters. The van der Waals surface area contributed by atoms with E-state index >= 15 is 0 Å². The van der Waals surface area contributed by atoms with Crippen LogP contribution in [-0.4, -0.2) is 17.4 Å². The second-order valence-electron chi connectivity index (χ2n) is 6.88. The van der Waals surface area contributed by atoms with Crippen LogP contribution in [0.1, 0.15) is 11.3 Å². The molecule has 0 aliphatic carbocycles. The van der Waals surface area contributed by atoms with Gasteiger partial charge in [-0.1, -0.05) is 41.6 Å². The minimum absolute atomic E-state index is 0.0202. The number of benzene rings is 2. The fraction of sp³-hybridized carbons (Fsp3) is 0.0833. The SMILES string of the molecule is N#C/C(=C/c1cc(Br)c(Sc2ccc(Cl)cc2)o1)C(=O)NCCc1c[nH]c2ccccc12. The Hall–Kier alpha value is -2.92. The van der Waals surface area contributed by atoms with Gasteiger partial charge in [-0.25, -0.2) is 0 Å². The van der Waals surface area contributed by atoms with Crippen LogP contribution < -0.4 is 5.32 Å². The van der Waals surface area contributed by atoms with E-state index in [2.05, 4.69) is 26.2 Å². The Kier molecular flexibility index (Phi) is 7.05. The molecule has 5 nitrogen and oxygen atoms in total. The van der Waals surface area contributed by atoms with Crippen molar-refractivity contribution < 1.29 is 9.21 Å². The molecule has 4 rings (SSSR count). The Morgan fingerprint density at radius 2 is 2.03 bits per heavy atom. The van der Waals surface area contributed by atoms with Gasteiger partial charge in [0.1, 0.15) is 17.4 Å². The summed E-state index contributed by atoms with van der Waals surface area (Å²) in [7, 11) is 0. The molecule has 2 aromatic heterocycles. The van der Waals surface area contributed by atoms with Gasteiger partial charge in [-0.3, -0.25) is 4.79 Å². The molecule has 0 saturated carbocycles. The number of nitriles is 1. The molecule has 2 N–H and O–H groups in total. The van der Waals surface area contributed by atoms with Crippen LogP contribution in [-0.2, 0) is 11.2 Å². The standard InChI is InChI=1S/C24H17BrClN3O2S/c25-21-12-18(31-24(21)32-19-7-5-17(26)6-8-19)11-16(13-27)23(30)28-10-9-15-14-29-22-4-2-1-3-20(15)22/h1-8,11-12,14,29H,9-10H2,(H,28,30)/b16-11-. The largest absolute Gasteiger partial charge is 0.449 e. The lowest BCUT2D eigenvalue weighted by molar-refractivity contribution is -0.117. The third kappa shape index (κ3) is 5.28. The van der Waals surface area contributed by atoms with E-state index in [0.717, 1.165) is 25.8 Å². The highest BCUT2D eigenvalue weighted by atomic mass is 79.9. The Balaban J connectivity index is 1.40. The number of nitrogens with one attached hydrogen (secondary N) is 2. The predicted octanol–water partition coefficient (Wildman–Crippen LogP) is 6.59. The topological polar surface area (TPSA) is 81.8 Å². The summed E-state index contributed by atoms with van der Waals surface area (Å²) in [6.07, 6.45) is 4.04. The molecule has 0 bridgehead atoms. The Bertz CT molecular complexity index is 1340. The molecule has 32 heavy (non-hydrogen) atoms. The van der Waals surface area contributed by atoms with Gasteiger partial charge >= 0.3 is 0 Å². The first-order valence-electron chi connectivity index (χ1n) is 9.71. The van der Waals surface area contributed by atoms with Crippen molar-refractivity contribution in [3.63, 3.8) is 0 Å². The number of para-hydroxylation sites is 1. The van der Waals surface area contributed by atoms with Crippen LogP contribution in [0.5, 0.6) is 0 Å². The van der Waals surface area contributed by atoms with Crippen molar-refractivity contribution in [2.45, 2.75) is 16.4 Å².